The molecule has 2 aliphatic heterocycles. The van der Waals surface area contributed by atoms with Crippen LogP contribution in [0.3, 0.4) is 0 Å². The molecule has 0 aromatic heterocycles. The Morgan fingerprint density at radius 2 is 0.914 bits per heavy atom. The number of alkyl halides is 15. The Kier molecular flexibility index (Phi) is 10.4. The van der Waals surface area contributed by atoms with E-state index in [-0.39, 0.29) is 17.7 Å². The van der Waals surface area contributed by atoms with E-state index in [4.69, 9.17) is 4.74 Å². The highest BCUT2D eigenvalue weighted by Gasteiger charge is 2.78. The maximum absolute atomic E-state index is 15.5. The molecule has 19 heteroatoms. The van der Waals surface area contributed by atoms with Crippen molar-refractivity contribution in [2.45, 2.75) is 116 Å². The predicted molar refractivity (Wildman–Crippen MR) is 183 cm³/mol. The second-order valence-electron chi connectivity index (χ2n) is 15.6. The van der Waals surface area contributed by atoms with Crippen molar-refractivity contribution in [1.82, 2.24) is 0 Å². The first kappa shape index (κ1) is 44.6. The summed E-state index contributed by atoms with van der Waals surface area (Å²) in [4.78, 5) is 7.75. The molecule has 0 saturated heterocycles. The van der Waals surface area contributed by atoms with E-state index in [1.165, 1.54) is 12.1 Å². The van der Waals surface area contributed by atoms with E-state index in [1.807, 2.05) is 0 Å². The predicted octanol–water partition coefficient (Wildman–Crippen LogP) is 13.4. The number of hydrogen-bond acceptors (Lipinski definition) is 4. The number of halogens is 15. The van der Waals surface area contributed by atoms with Crippen LogP contribution in [0.1, 0.15) is 96.2 Å². The Morgan fingerprint density at radius 1 is 0.534 bits per heavy atom. The summed E-state index contributed by atoms with van der Waals surface area (Å²) in [5, 5.41) is 0. The molecule has 0 aliphatic carbocycles. The summed E-state index contributed by atoms with van der Waals surface area (Å²) < 4.78 is 235. The SMILES string of the molecule is Cc1c(C(c2cc3c(c(C)c2C)N=C(C(C)C)OC3(C(F)(F)F)C(F)(F)F)C(F)(F)F)cc2c(c1C)N=C(c1ccc(C(C)(C)C)cc1)OC2(C(F)(F)F)C(F)(F)F. The van der Waals surface area contributed by atoms with Crippen molar-refractivity contribution in [2.75, 3.05) is 0 Å². The maximum Gasteiger partial charge on any atom is 0.442 e. The minimum Gasteiger partial charge on any atom is -0.450 e. The van der Waals surface area contributed by atoms with Crippen molar-refractivity contribution in [3.05, 3.63) is 92.0 Å². The summed E-state index contributed by atoms with van der Waals surface area (Å²) >= 11 is 0. The Bertz CT molecular complexity index is 2150. The van der Waals surface area contributed by atoms with E-state index in [1.54, 1.807) is 20.8 Å². The third kappa shape index (κ3) is 6.76. The molecular weight excluding hydrogens is 813 g/mol. The van der Waals surface area contributed by atoms with Crippen LogP contribution in [0.2, 0.25) is 0 Å². The van der Waals surface area contributed by atoms with Crippen LogP contribution in [0.25, 0.3) is 0 Å². The maximum atomic E-state index is 15.5. The van der Waals surface area contributed by atoms with Crippen LogP contribution in [-0.2, 0) is 26.1 Å². The molecule has 0 fully saturated rings. The molecule has 0 saturated carbocycles. The number of benzene rings is 3. The van der Waals surface area contributed by atoms with Crippen molar-refractivity contribution in [3.8, 4) is 0 Å². The van der Waals surface area contributed by atoms with Gasteiger partial charge in [-0.15, -0.1) is 0 Å². The van der Waals surface area contributed by atoms with Gasteiger partial charge in [0.1, 0.15) is 5.92 Å². The second-order valence-corrected chi connectivity index (χ2v) is 15.6. The summed E-state index contributed by atoms with van der Waals surface area (Å²) in [6.07, 6.45) is -31.4. The van der Waals surface area contributed by atoms with Crippen molar-refractivity contribution in [2.24, 2.45) is 15.9 Å². The van der Waals surface area contributed by atoms with Crippen LogP contribution in [0.5, 0.6) is 0 Å². The average molecular weight is 849 g/mol. The third-order valence-electron chi connectivity index (χ3n) is 10.6. The first-order chi connectivity index (χ1) is 26.0. The molecule has 2 heterocycles. The number of hydrogen-bond donors (Lipinski definition) is 0. The van der Waals surface area contributed by atoms with Gasteiger partial charge in [-0.05, 0) is 96.3 Å². The van der Waals surface area contributed by atoms with Gasteiger partial charge < -0.3 is 9.47 Å². The molecule has 0 spiro atoms. The Labute approximate surface area is 322 Å². The van der Waals surface area contributed by atoms with Crippen molar-refractivity contribution >= 4 is 23.2 Å². The molecule has 2 aliphatic rings. The lowest BCUT2D eigenvalue weighted by atomic mass is 9.76. The first-order valence-corrected chi connectivity index (χ1v) is 17.3. The normalized spacial score (nSPS) is 17.8. The van der Waals surface area contributed by atoms with Crippen molar-refractivity contribution in [3.63, 3.8) is 0 Å². The Morgan fingerprint density at radius 3 is 1.26 bits per heavy atom. The van der Waals surface area contributed by atoms with E-state index in [9.17, 15) is 26.3 Å². The van der Waals surface area contributed by atoms with Gasteiger partial charge in [0.15, 0.2) is 5.90 Å². The smallest absolute Gasteiger partial charge is 0.442 e. The van der Waals surface area contributed by atoms with Gasteiger partial charge in [-0.1, -0.05) is 46.8 Å². The second kappa shape index (κ2) is 13.5. The molecule has 0 bridgehead atoms. The largest absolute Gasteiger partial charge is 0.450 e. The zero-order valence-electron chi connectivity index (χ0n) is 32.0. The Balaban J connectivity index is 1.92. The minimum atomic E-state index is -6.44. The first-order valence-electron chi connectivity index (χ1n) is 17.3. The van der Waals surface area contributed by atoms with Crippen molar-refractivity contribution in [1.29, 1.82) is 0 Å². The van der Waals surface area contributed by atoms with E-state index in [2.05, 4.69) is 14.7 Å². The summed E-state index contributed by atoms with van der Waals surface area (Å²) in [5.41, 5.74) is -22.0. The van der Waals surface area contributed by atoms with Crippen LogP contribution >= 0.6 is 0 Å². The highest BCUT2D eigenvalue weighted by Crippen LogP contribution is 2.62. The van der Waals surface area contributed by atoms with Crippen LogP contribution in [0.15, 0.2) is 46.4 Å². The molecule has 1 atom stereocenters. The molecule has 0 N–H and O–H groups in total. The highest BCUT2D eigenvalue weighted by atomic mass is 19.4. The summed E-state index contributed by atoms with van der Waals surface area (Å²) in [5.74, 6) is -6.84. The number of aliphatic imine (C=N–C) groups is 2. The zero-order valence-corrected chi connectivity index (χ0v) is 32.0. The van der Waals surface area contributed by atoms with E-state index in [0.717, 1.165) is 53.7 Å². The van der Waals surface area contributed by atoms with E-state index < -0.39 is 127 Å². The molecule has 3 aromatic carbocycles. The van der Waals surface area contributed by atoms with E-state index >= 15 is 39.5 Å². The van der Waals surface area contributed by atoms with Gasteiger partial charge in [0.2, 0.25) is 5.90 Å². The highest BCUT2D eigenvalue weighted by molar-refractivity contribution is 5.98. The fourth-order valence-corrected chi connectivity index (χ4v) is 7.12. The number of rotatable bonds is 4. The lowest BCUT2D eigenvalue weighted by molar-refractivity contribution is -0.371. The van der Waals surface area contributed by atoms with Crippen LogP contribution in [0.4, 0.5) is 77.2 Å². The van der Waals surface area contributed by atoms with Crippen molar-refractivity contribution < 1.29 is 75.3 Å². The topological polar surface area (TPSA) is 43.2 Å². The van der Waals surface area contributed by atoms with Gasteiger partial charge in [-0.25, -0.2) is 9.98 Å². The minimum absolute atomic E-state index is 0.0968. The molecule has 5 rings (SSSR count). The lowest BCUT2D eigenvalue weighted by Crippen LogP contribution is -2.58. The fourth-order valence-electron chi connectivity index (χ4n) is 7.12. The zero-order chi connectivity index (χ0) is 44.3. The van der Waals surface area contributed by atoms with Crippen LogP contribution in [0, 0.1) is 33.6 Å². The number of nitrogens with zero attached hydrogens (tertiary/aromatic N) is 2. The van der Waals surface area contributed by atoms with Gasteiger partial charge in [-0.2, -0.15) is 65.9 Å². The average Bonchev–Trinajstić information content (AvgIpc) is 3.05. The van der Waals surface area contributed by atoms with Gasteiger partial charge in [-0.3, -0.25) is 0 Å². The Hall–Kier alpha value is -4.45. The molecule has 318 valence electrons. The summed E-state index contributed by atoms with van der Waals surface area (Å²) in [7, 11) is 0. The van der Waals surface area contributed by atoms with Gasteiger partial charge in [0.25, 0.3) is 0 Å². The fraction of sp³-hybridized carbons (Fsp3) is 0.487. The lowest BCUT2D eigenvalue weighted by Gasteiger charge is -2.43. The van der Waals surface area contributed by atoms with Crippen LogP contribution in [-0.4, -0.2) is 42.7 Å². The molecule has 4 nitrogen and oxygen atoms in total. The molecule has 58 heavy (non-hydrogen) atoms. The standard InChI is InChI=1S/C39H35F15N2O2/c1-16(2)30-55-28-19(5)17(3)23(14-25(28)33(57-30,36(43,44)45)37(46,47)48)27(35(40,41)42)24-15-26-29(20(6)18(24)4)56-31(21-10-12-22(13-11-21)32(7,8)9)58-34(26,38(49,50)51)39(52,53)54/h10-16,27H,1-9H3. The molecule has 0 amide bonds. The number of fused-ring (bicyclic) bond motifs is 2. The van der Waals surface area contributed by atoms with Crippen LogP contribution < -0.4 is 0 Å². The van der Waals surface area contributed by atoms with Gasteiger partial charge >= 0.3 is 42.1 Å². The van der Waals surface area contributed by atoms with Gasteiger partial charge in [0.05, 0.1) is 11.4 Å². The molecule has 3 aromatic rings. The molecule has 0 radical (unpaired) electrons. The summed E-state index contributed by atoms with van der Waals surface area (Å²) in [6.45, 7) is 11.2. The summed E-state index contributed by atoms with van der Waals surface area (Å²) in [6, 6.07) is 4.92. The number of ether oxygens (including phenoxy) is 2. The molecular formula is C39H35F15N2O2. The monoisotopic (exact) mass is 848 g/mol. The quantitative estimate of drug-likeness (QED) is 0.246. The third-order valence-corrected chi connectivity index (χ3v) is 10.6. The van der Waals surface area contributed by atoms with Gasteiger partial charge in [0, 0.05) is 22.6 Å². The van der Waals surface area contributed by atoms with E-state index in [0.29, 0.717) is 5.56 Å². The molecule has 1 unspecified atom stereocenters.